The maximum atomic E-state index is 14.7. The summed E-state index contributed by atoms with van der Waals surface area (Å²) in [5.74, 6) is -1.42. The predicted octanol–water partition coefficient (Wildman–Crippen LogP) is 9.55. The van der Waals surface area contributed by atoms with Gasteiger partial charge in [0.05, 0.1) is 29.9 Å². The van der Waals surface area contributed by atoms with Gasteiger partial charge in [-0.2, -0.15) is 0 Å². The summed E-state index contributed by atoms with van der Waals surface area (Å²) >= 11 is 0. The third kappa shape index (κ3) is 11.8. The van der Waals surface area contributed by atoms with E-state index < -0.39 is 53.7 Å². The van der Waals surface area contributed by atoms with Gasteiger partial charge in [-0.3, -0.25) is 14.4 Å². The van der Waals surface area contributed by atoms with Crippen molar-refractivity contribution in [2.75, 3.05) is 13.2 Å². The van der Waals surface area contributed by atoms with E-state index in [2.05, 4.69) is 46.0 Å². The molecule has 7 rings (SSSR count). The number of fused-ring (bicyclic) bond motifs is 3. The maximum Gasteiger partial charge on any atom is 0.339 e. The lowest BCUT2D eigenvalue weighted by molar-refractivity contribution is -0.190. The van der Waals surface area contributed by atoms with Crippen molar-refractivity contribution >= 4 is 29.8 Å². The fourth-order valence-electron chi connectivity index (χ4n) is 11.7. The number of hydrogen-bond donors (Lipinski definition) is 2. The number of aliphatic hydroxyl groups is 1. The molecule has 366 valence electrons. The minimum absolute atomic E-state index is 0.0227. The van der Waals surface area contributed by atoms with E-state index in [-0.39, 0.29) is 54.8 Å². The Hall–Kier alpha value is -3.58. The van der Waals surface area contributed by atoms with Crippen molar-refractivity contribution < 1.29 is 48.0 Å². The zero-order valence-electron chi connectivity index (χ0n) is 41.3. The summed E-state index contributed by atoms with van der Waals surface area (Å²) in [6, 6.07) is 6.23. The van der Waals surface area contributed by atoms with Gasteiger partial charge in [-0.15, -0.1) is 0 Å². The maximum absolute atomic E-state index is 14.7. The molecule has 2 saturated carbocycles. The first-order valence-electron chi connectivity index (χ1n) is 25.6. The van der Waals surface area contributed by atoms with E-state index in [1.54, 1.807) is 25.7 Å². The zero-order chi connectivity index (χ0) is 47.4. The Morgan fingerprint density at radius 2 is 1.70 bits per heavy atom. The van der Waals surface area contributed by atoms with E-state index in [0.29, 0.717) is 55.2 Å². The van der Waals surface area contributed by atoms with Crippen LogP contribution in [0.2, 0.25) is 0 Å². The first-order valence-corrected chi connectivity index (χ1v) is 25.6. The number of nitrogens with zero attached hydrogens (tertiary/aromatic N) is 1. The molecule has 0 spiro atoms. The second-order valence-corrected chi connectivity index (χ2v) is 22.2. The van der Waals surface area contributed by atoms with Crippen LogP contribution in [-0.2, 0) is 38.1 Å². The van der Waals surface area contributed by atoms with Crippen LogP contribution in [0.15, 0.2) is 41.5 Å². The highest BCUT2D eigenvalue weighted by Gasteiger charge is 2.57. The minimum Gasteiger partial charge on any atom is -0.460 e. The van der Waals surface area contributed by atoms with Crippen LogP contribution < -0.4 is 5.32 Å². The average Bonchev–Trinajstić information content (AvgIpc) is 3.54. The first-order chi connectivity index (χ1) is 31.4. The van der Waals surface area contributed by atoms with E-state index in [1.807, 2.05) is 30.3 Å². The zero-order valence-corrected chi connectivity index (χ0v) is 41.3. The van der Waals surface area contributed by atoms with Crippen molar-refractivity contribution in [1.82, 2.24) is 10.2 Å². The summed E-state index contributed by atoms with van der Waals surface area (Å²) < 4.78 is 32.1. The van der Waals surface area contributed by atoms with Gasteiger partial charge < -0.3 is 39.0 Å². The highest BCUT2D eigenvalue weighted by molar-refractivity contribution is 5.98. The molecule has 2 N–H and O–H groups in total. The van der Waals surface area contributed by atoms with Gasteiger partial charge in [0, 0.05) is 37.8 Å². The predicted molar refractivity (Wildman–Crippen MR) is 253 cm³/mol. The Kier molecular flexibility index (Phi) is 16.0. The van der Waals surface area contributed by atoms with Crippen molar-refractivity contribution in [3.63, 3.8) is 0 Å². The highest BCUT2D eigenvalue weighted by atomic mass is 16.8. The van der Waals surface area contributed by atoms with Crippen molar-refractivity contribution in [2.45, 2.75) is 224 Å². The fraction of sp³-hybridized carbons (Fsp3) is 0.741. The molecule has 3 aliphatic carbocycles. The Labute approximate surface area is 394 Å². The van der Waals surface area contributed by atoms with E-state index in [9.17, 15) is 24.3 Å². The van der Waals surface area contributed by atoms with Crippen LogP contribution in [0.4, 0.5) is 0 Å². The minimum atomic E-state index is -0.873. The molecule has 12 nitrogen and oxygen atoms in total. The summed E-state index contributed by atoms with van der Waals surface area (Å²) in [6.07, 6.45) is 16.3. The number of hydrogen-bond acceptors (Lipinski definition) is 10. The van der Waals surface area contributed by atoms with Gasteiger partial charge in [0.2, 0.25) is 11.8 Å². The topological polar surface area (TPSA) is 153 Å². The van der Waals surface area contributed by atoms with Crippen molar-refractivity contribution in [1.29, 1.82) is 0 Å². The van der Waals surface area contributed by atoms with Crippen LogP contribution in [0.25, 0.3) is 6.08 Å². The lowest BCUT2D eigenvalue weighted by Gasteiger charge is -2.53. The van der Waals surface area contributed by atoms with E-state index in [4.69, 9.17) is 23.7 Å². The lowest BCUT2D eigenvalue weighted by Crippen LogP contribution is -2.51. The standard InChI is InChI=1S/C54H80N2O10/c1-9-11-15-26-54(27-16-12-10-2)63-44-32-37(49(60)56-29-17-20-42(56)48(59)55-38(34-57)22-24-46(58)65-51(3,4)5)31-43(47(44)66-54)62-50(61)39-19-14-13-18-35(39)30-36-21-23-45-53(8,64-45)28-25-41-40(36)33-52(41,6)7/h13-14,18-19,30,32,38,40-45,47,57H,9-12,15-17,20-29,31,33-34H2,1-8H3,(H,55,59). The van der Waals surface area contributed by atoms with Crippen LogP contribution in [-0.4, -0.2) is 100 Å². The summed E-state index contributed by atoms with van der Waals surface area (Å²) in [5.41, 5.74) is 2.69. The molecule has 3 saturated heterocycles. The highest BCUT2D eigenvalue weighted by Crippen LogP contribution is 2.60. The number of carbonyl (C=O) groups is 4. The molecule has 2 amide bonds. The summed E-state index contributed by atoms with van der Waals surface area (Å²) in [5, 5.41) is 13.0. The van der Waals surface area contributed by atoms with Gasteiger partial charge in [0.1, 0.15) is 30.0 Å². The van der Waals surface area contributed by atoms with Gasteiger partial charge in [-0.1, -0.05) is 83.2 Å². The monoisotopic (exact) mass is 917 g/mol. The molecule has 9 atom stereocenters. The van der Waals surface area contributed by atoms with Gasteiger partial charge in [0.25, 0.3) is 0 Å². The summed E-state index contributed by atoms with van der Waals surface area (Å²) in [4.78, 5) is 57.2. The molecule has 0 aromatic heterocycles. The third-order valence-corrected chi connectivity index (χ3v) is 15.4. The number of amides is 2. The van der Waals surface area contributed by atoms with Gasteiger partial charge >= 0.3 is 11.9 Å². The molecule has 1 aromatic carbocycles. The number of unbranched alkanes of at least 4 members (excludes halogenated alkanes) is 4. The molecule has 3 aliphatic heterocycles. The largest absolute Gasteiger partial charge is 0.460 e. The smallest absolute Gasteiger partial charge is 0.339 e. The molecule has 9 unspecified atom stereocenters. The van der Waals surface area contributed by atoms with Gasteiger partial charge in [-0.25, -0.2) is 4.79 Å². The quantitative estimate of drug-likeness (QED) is 0.0827. The first kappa shape index (κ1) is 50.3. The Bertz CT molecular complexity index is 1960. The van der Waals surface area contributed by atoms with Crippen LogP contribution in [0, 0.1) is 17.3 Å². The fourth-order valence-corrected chi connectivity index (χ4v) is 11.7. The number of aliphatic hydroxyl groups excluding tert-OH is 1. The number of benzene rings is 1. The average molecular weight is 917 g/mol. The second-order valence-electron chi connectivity index (χ2n) is 22.2. The molecule has 0 radical (unpaired) electrons. The number of nitrogens with one attached hydrogen (secondary N) is 1. The summed E-state index contributed by atoms with van der Waals surface area (Å²) in [6.45, 7) is 16.7. The molecule has 1 aromatic rings. The van der Waals surface area contributed by atoms with E-state index in [1.165, 1.54) is 5.57 Å². The number of carbonyl (C=O) groups excluding carboxylic acids is 4. The molecule has 0 bridgehead atoms. The third-order valence-electron chi connectivity index (χ3n) is 15.4. The number of epoxide rings is 1. The number of ether oxygens (including phenoxy) is 5. The van der Waals surface area contributed by atoms with Crippen molar-refractivity contribution in [2.24, 2.45) is 17.3 Å². The number of esters is 2. The van der Waals surface area contributed by atoms with E-state index >= 15 is 0 Å². The molecule has 6 aliphatic rings. The molecular weight excluding hydrogens is 837 g/mol. The molecule has 5 fully saturated rings. The number of likely N-dealkylation sites (tertiary alicyclic amines) is 1. The van der Waals surface area contributed by atoms with Crippen molar-refractivity contribution in [3.8, 4) is 0 Å². The van der Waals surface area contributed by atoms with Crippen LogP contribution in [0.3, 0.4) is 0 Å². The van der Waals surface area contributed by atoms with Gasteiger partial charge in [-0.05, 0) is 127 Å². The SMILES string of the molecule is CCCCCC1(CCCCC)OC2C=C(C(=O)N3CCCC3C(=O)NC(CO)CCC(=O)OC(C)(C)C)CC(OC(=O)c3ccccc3C=C3CCC4OC4(C)CCC4C3CC4(C)C)C2O1. The normalized spacial score (nSPS) is 30.9. The van der Waals surface area contributed by atoms with Gasteiger partial charge in [0.15, 0.2) is 5.79 Å². The number of allylic oxidation sites excluding steroid dienone is 1. The molecule has 12 heteroatoms. The van der Waals surface area contributed by atoms with Crippen LogP contribution in [0.5, 0.6) is 0 Å². The Balaban J connectivity index is 1.12. The van der Waals surface area contributed by atoms with Crippen molar-refractivity contribution in [3.05, 3.63) is 52.6 Å². The Morgan fingerprint density at radius 3 is 2.38 bits per heavy atom. The summed E-state index contributed by atoms with van der Waals surface area (Å²) in [7, 11) is 0. The second kappa shape index (κ2) is 21.0. The lowest BCUT2D eigenvalue weighted by atomic mass is 9.52. The van der Waals surface area contributed by atoms with Crippen LogP contribution >= 0.6 is 0 Å². The molecule has 3 heterocycles. The van der Waals surface area contributed by atoms with E-state index in [0.717, 1.165) is 76.2 Å². The van der Waals surface area contributed by atoms with Crippen LogP contribution in [0.1, 0.15) is 187 Å². The molecule has 66 heavy (non-hydrogen) atoms. The number of rotatable bonds is 18. The molecular formula is C54H80N2O10. The Morgan fingerprint density at radius 1 is 0.970 bits per heavy atom.